The fraction of sp³-hybridized carbons (Fsp3) is 0.214. The molecule has 4 aromatic rings. The number of primary amides is 1. The van der Waals surface area contributed by atoms with Gasteiger partial charge >= 0.3 is 6.03 Å². The number of pyridine rings is 1. The summed E-state index contributed by atoms with van der Waals surface area (Å²) in [6.07, 6.45) is 1.99. The summed E-state index contributed by atoms with van der Waals surface area (Å²) in [5.41, 5.74) is 6.91. The highest BCUT2D eigenvalue weighted by molar-refractivity contribution is 5.98. The molecule has 3 amide bonds. The number of rotatable bonds is 7. The van der Waals surface area contributed by atoms with Gasteiger partial charge in [0.05, 0.1) is 17.1 Å². The molecule has 0 unspecified atom stereocenters. The van der Waals surface area contributed by atoms with Crippen molar-refractivity contribution in [1.29, 1.82) is 0 Å². The van der Waals surface area contributed by atoms with Crippen molar-refractivity contribution in [2.75, 3.05) is 11.9 Å². The van der Waals surface area contributed by atoms with Gasteiger partial charge < -0.3 is 15.8 Å². The number of benzene rings is 2. The number of nitrogens with zero attached hydrogens (tertiary/aromatic N) is 4. The second kappa shape index (κ2) is 10.9. The first kappa shape index (κ1) is 27.2. The molecule has 0 bridgehead atoms. The van der Waals surface area contributed by atoms with Crippen LogP contribution in [0.2, 0.25) is 0 Å². The Bertz CT molecular complexity index is 1490. The number of anilines is 2. The Morgan fingerprint density at radius 2 is 1.67 bits per heavy atom. The van der Waals surface area contributed by atoms with Gasteiger partial charge in [-0.25, -0.2) is 23.2 Å². The van der Waals surface area contributed by atoms with Gasteiger partial charge in [0.1, 0.15) is 34.6 Å². The normalized spacial score (nSPS) is 11.2. The zero-order chi connectivity index (χ0) is 28.3. The quantitative estimate of drug-likeness (QED) is 0.325. The smallest absolute Gasteiger partial charge is 0.325 e. The van der Waals surface area contributed by atoms with Gasteiger partial charge in [0.15, 0.2) is 0 Å². The van der Waals surface area contributed by atoms with Gasteiger partial charge in [-0.2, -0.15) is 5.10 Å². The number of carbonyl (C=O) groups excluding carboxylic acids is 2. The third-order valence-corrected chi connectivity index (χ3v) is 5.52. The van der Waals surface area contributed by atoms with E-state index in [1.54, 1.807) is 36.4 Å². The number of nitrogens with two attached hydrogens (primary N) is 1. The third kappa shape index (κ3) is 6.56. The number of carbonyl (C=O) groups is 2. The van der Waals surface area contributed by atoms with Gasteiger partial charge in [-0.05, 0) is 54.3 Å². The largest absolute Gasteiger partial charge is 0.457 e. The van der Waals surface area contributed by atoms with Crippen molar-refractivity contribution >= 4 is 23.4 Å². The summed E-state index contributed by atoms with van der Waals surface area (Å²) >= 11 is 0. The number of aromatic nitrogens is 3. The molecule has 0 saturated carbocycles. The van der Waals surface area contributed by atoms with Crippen LogP contribution in [0.15, 0.2) is 66.9 Å². The molecule has 4 rings (SSSR count). The SMILES string of the molecule is CNC(=O)c1cc(Oc2ccc(N(C(N)=O)c3cc(CC(C)(C)C)nn3-c3cc(F)cc(F)c3)cc2)ccn1. The molecule has 2 heterocycles. The zero-order valence-corrected chi connectivity index (χ0v) is 21.9. The maximum absolute atomic E-state index is 14.1. The van der Waals surface area contributed by atoms with Crippen molar-refractivity contribution in [3.8, 4) is 17.2 Å². The molecule has 2 aromatic carbocycles. The first-order valence-corrected chi connectivity index (χ1v) is 12.0. The van der Waals surface area contributed by atoms with E-state index in [1.165, 1.54) is 28.9 Å². The van der Waals surface area contributed by atoms with Crippen molar-refractivity contribution in [2.45, 2.75) is 27.2 Å². The second-order valence-electron chi connectivity index (χ2n) is 10.00. The van der Waals surface area contributed by atoms with E-state index in [-0.39, 0.29) is 28.5 Å². The van der Waals surface area contributed by atoms with Gasteiger partial charge in [-0.3, -0.25) is 9.78 Å². The highest BCUT2D eigenvalue weighted by Crippen LogP contribution is 2.33. The Balaban J connectivity index is 1.71. The zero-order valence-electron chi connectivity index (χ0n) is 21.9. The van der Waals surface area contributed by atoms with Crippen molar-refractivity contribution in [3.63, 3.8) is 0 Å². The van der Waals surface area contributed by atoms with E-state index < -0.39 is 17.7 Å². The fourth-order valence-electron chi connectivity index (χ4n) is 3.96. The van der Waals surface area contributed by atoms with Crippen LogP contribution in [-0.2, 0) is 6.42 Å². The van der Waals surface area contributed by atoms with Crippen LogP contribution in [0.1, 0.15) is 37.0 Å². The molecule has 0 saturated heterocycles. The number of nitrogens with one attached hydrogen (secondary N) is 1. The minimum absolute atomic E-state index is 0.0958. The van der Waals surface area contributed by atoms with Gasteiger partial charge in [-0.15, -0.1) is 0 Å². The lowest BCUT2D eigenvalue weighted by Gasteiger charge is -2.21. The van der Waals surface area contributed by atoms with E-state index in [4.69, 9.17) is 10.5 Å². The molecule has 202 valence electrons. The number of halogens is 2. The van der Waals surface area contributed by atoms with E-state index in [9.17, 15) is 18.4 Å². The Labute approximate surface area is 224 Å². The van der Waals surface area contributed by atoms with E-state index in [1.807, 2.05) is 20.8 Å². The Morgan fingerprint density at radius 3 is 2.26 bits per heavy atom. The third-order valence-electron chi connectivity index (χ3n) is 5.52. The van der Waals surface area contributed by atoms with Crippen molar-refractivity contribution in [2.24, 2.45) is 11.1 Å². The van der Waals surface area contributed by atoms with Crippen molar-refractivity contribution in [1.82, 2.24) is 20.1 Å². The molecule has 0 atom stereocenters. The summed E-state index contributed by atoms with van der Waals surface area (Å²) in [5.74, 6) is -0.899. The Morgan fingerprint density at radius 1 is 1.00 bits per heavy atom. The molecule has 39 heavy (non-hydrogen) atoms. The number of hydrogen-bond donors (Lipinski definition) is 2. The minimum Gasteiger partial charge on any atom is -0.457 e. The second-order valence-corrected chi connectivity index (χ2v) is 10.00. The Kier molecular flexibility index (Phi) is 7.61. The average Bonchev–Trinajstić information content (AvgIpc) is 3.25. The lowest BCUT2D eigenvalue weighted by molar-refractivity contribution is 0.0957. The van der Waals surface area contributed by atoms with Crippen LogP contribution in [0.5, 0.6) is 11.5 Å². The molecular weight excluding hydrogens is 506 g/mol. The summed E-state index contributed by atoms with van der Waals surface area (Å²) in [5, 5.41) is 7.05. The van der Waals surface area contributed by atoms with E-state index in [0.29, 0.717) is 29.3 Å². The molecule has 0 aliphatic carbocycles. The molecular formula is C28H28F2N6O3. The first-order chi connectivity index (χ1) is 18.4. The van der Waals surface area contributed by atoms with Gasteiger partial charge in [0.2, 0.25) is 0 Å². The molecule has 3 N–H and O–H groups in total. The summed E-state index contributed by atoms with van der Waals surface area (Å²) < 4.78 is 35.3. The lowest BCUT2D eigenvalue weighted by atomic mass is 9.91. The number of ether oxygens (including phenoxy) is 1. The monoisotopic (exact) mass is 534 g/mol. The summed E-state index contributed by atoms with van der Waals surface area (Å²) in [6, 6.07) is 13.4. The number of urea groups is 1. The van der Waals surface area contributed by atoms with Crippen molar-refractivity contribution in [3.05, 3.63) is 89.9 Å². The van der Waals surface area contributed by atoms with Crippen LogP contribution in [0.4, 0.5) is 25.1 Å². The van der Waals surface area contributed by atoms with E-state index in [0.717, 1.165) is 18.2 Å². The predicted molar refractivity (Wildman–Crippen MR) is 143 cm³/mol. The molecule has 0 spiro atoms. The standard InChI is InChI=1S/C28H28F2N6O3/c1-28(2,3)16-19-14-25(36(34-19)21-12-17(29)11-18(30)13-21)35(27(31)38)20-5-7-22(8-6-20)39-23-9-10-33-24(15-23)26(37)32-4/h5-15H,16H2,1-4H3,(H2,31,38)(H,32,37). The number of amides is 3. The molecule has 0 aliphatic rings. The molecule has 9 nitrogen and oxygen atoms in total. The predicted octanol–water partition coefficient (Wildman–Crippen LogP) is 5.50. The minimum atomic E-state index is -0.826. The summed E-state index contributed by atoms with van der Waals surface area (Å²) in [7, 11) is 1.50. The van der Waals surface area contributed by atoms with Gasteiger partial charge in [-0.1, -0.05) is 20.8 Å². The van der Waals surface area contributed by atoms with Gasteiger partial charge in [0, 0.05) is 31.4 Å². The van der Waals surface area contributed by atoms with Crippen LogP contribution in [-0.4, -0.2) is 33.8 Å². The number of hydrogen-bond acceptors (Lipinski definition) is 5. The average molecular weight is 535 g/mol. The maximum Gasteiger partial charge on any atom is 0.325 e. The van der Waals surface area contributed by atoms with Crippen LogP contribution in [0.3, 0.4) is 0 Å². The highest BCUT2D eigenvalue weighted by Gasteiger charge is 2.25. The van der Waals surface area contributed by atoms with E-state index >= 15 is 0 Å². The summed E-state index contributed by atoms with van der Waals surface area (Å²) in [6.45, 7) is 6.08. The van der Waals surface area contributed by atoms with Crippen LogP contribution in [0.25, 0.3) is 5.69 Å². The topological polar surface area (TPSA) is 115 Å². The molecule has 11 heteroatoms. The maximum atomic E-state index is 14.1. The lowest BCUT2D eigenvalue weighted by Crippen LogP contribution is -2.33. The first-order valence-electron chi connectivity index (χ1n) is 12.0. The molecule has 0 radical (unpaired) electrons. The van der Waals surface area contributed by atoms with Gasteiger partial charge in [0.25, 0.3) is 5.91 Å². The highest BCUT2D eigenvalue weighted by atomic mass is 19.1. The van der Waals surface area contributed by atoms with E-state index in [2.05, 4.69) is 15.4 Å². The van der Waals surface area contributed by atoms with Crippen LogP contribution >= 0.6 is 0 Å². The Hall–Kier alpha value is -4.80. The van der Waals surface area contributed by atoms with Crippen molar-refractivity contribution < 1.29 is 23.1 Å². The summed E-state index contributed by atoms with van der Waals surface area (Å²) in [4.78, 5) is 29.8. The fourth-order valence-corrected chi connectivity index (χ4v) is 3.96. The molecule has 0 aliphatic heterocycles. The van der Waals surface area contributed by atoms with Crippen LogP contribution in [0, 0.1) is 17.0 Å². The van der Waals surface area contributed by atoms with Crippen LogP contribution < -0.4 is 20.7 Å². The molecule has 2 aromatic heterocycles. The molecule has 0 fully saturated rings.